The van der Waals surface area contributed by atoms with Gasteiger partial charge in [-0.05, 0) is 69.3 Å². The first kappa shape index (κ1) is 26.7. The van der Waals surface area contributed by atoms with Crippen LogP contribution in [0.2, 0.25) is 0 Å². The SMILES string of the molecule is CCCCC(=O)Oc1cc2oc(CCCCC(N)=O)c(C(=O)c3cc(Br)c(O)c(Br)c3)c2cc1O. The number of unbranched alkanes of at least 4 members (excludes halogenated alkanes) is 2. The molecule has 0 aliphatic rings. The zero-order chi connectivity index (χ0) is 25.7. The predicted molar refractivity (Wildman–Crippen MR) is 137 cm³/mol. The highest BCUT2D eigenvalue weighted by Gasteiger charge is 2.25. The Morgan fingerprint density at radius 1 is 1.00 bits per heavy atom. The van der Waals surface area contributed by atoms with Crippen molar-refractivity contribution >= 4 is 60.5 Å². The summed E-state index contributed by atoms with van der Waals surface area (Å²) in [6.07, 6.45) is 3.31. The maximum Gasteiger partial charge on any atom is 0.311 e. The highest BCUT2D eigenvalue weighted by Crippen LogP contribution is 2.39. The molecule has 10 heteroatoms. The molecule has 0 unspecified atom stereocenters. The minimum Gasteiger partial charge on any atom is -0.506 e. The van der Waals surface area contributed by atoms with Gasteiger partial charge in [0.25, 0.3) is 0 Å². The fourth-order valence-electron chi connectivity index (χ4n) is 3.59. The Kier molecular flexibility index (Phi) is 8.96. The third-order valence-corrected chi connectivity index (χ3v) is 6.59. The second kappa shape index (κ2) is 11.7. The van der Waals surface area contributed by atoms with Gasteiger partial charge < -0.3 is 25.1 Å². The number of primary amides is 1. The molecule has 1 aromatic heterocycles. The summed E-state index contributed by atoms with van der Waals surface area (Å²) in [5.41, 5.74) is 6.00. The quantitative estimate of drug-likeness (QED) is 0.106. The molecule has 0 fully saturated rings. The van der Waals surface area contributed by atoms with Gasteiger partial charge in [0.15, 0.2) is 17.3 Å². The minimum atomic E-state index is -0.477. The number of aromatic hydroxyl groups is 2. The molecule has 0 spiro atoms. The van der Waals surface area contributed by atoms with Crippen molar-refractivity contribution in [1.82, 2.24) is 0 Å². The number of halogens is 2. The molecule has 186 valence electrons. The molecule has 0 saturated heterocycles. The van der Waals surface area contributed by atoms with Crippen LogP contribution in [0, 0.1) is 0 Å². The highest BCUT2D eigenvalue weighted by atomic mass is 79.9. The lowest BCUT2D eigenvalue weighted by molar-refractivity contribution is -0.134. The van der Waals surface area contributed by atoms with E-state index in [1.165, 1.54) is 24.3 Å². The van der Waals surface area contributed by atoms with Gasteiger partial charge >= 0.3 is 5.97 Å². The van der Waals surface area contributed by atoms with E-state index in [4.69, 9.17) is 14.9 Å². The number of furan rings is 1. The Morgan fingerprint density at radius 2 is 1.69 bits per heavy atom. The third kappa shape index (κ3) is 6.43. The Bertz CT molecular complexity index is 1260. The summed E-state index contributed by atoms with van der Waals surface area (Å²) in [7, 11) is 0. The molecule has 0 aliphatic carbocycles. The predicted octanol–water partition coefficient (Wildman–Crippen LogP) is 5.89. The molecule has 3 rings (SSSR count). The van der Waals surface area contributed by atoms with Crippen LogP contribution in [0.3, 0.4) is 0 Å². The van der Waals surface area contributed by atoms with Crippen molar-refractivity contribution in [2.24, 2.45) is 5.73 Å². The number of aryl methyl sites for hydroxylation is 1. The molecule has 2 aromatic carbocycles. The van der Waals surface area contributed by atoms with E-state index in [9.17, 15) is 24.6 Å². The fraction of sp³-hybridized carbons (Fsp3) is 0.320. The summed E-state index contributed by atoms with van der Waals surface area (Å²) in [6, 6.07) is 5.70. The summed E-state index contributed by atoms with van der Waals surface area (Å²) < 4.78 is 11.9. The van der Waals surface area contributed by atoms with Gasteiger partial charge in [0, 0.05) is 36.3 Å². The van der Waals surface area contributed by atoms with Crippen molar-refractivity contribution < 1.29 is 33.8 Å². The number of carbonyl (C=O) groups excluding carboxylic acids is 3. The number of amides is 1. The van der Waals surface area contributed by atoms with E-state index >= 15 is 0 Å². The molecule has 1 amide bonds. The van der Waals surface area contributed by atoms with Crippen molar-refractivity contribution in [2.75, 3.05) is 0 Å². The van der Waals surface area contributed by atoms with E-state index in [2.05, 4.69) is 31.9 Å². The van der Waals surface area contributed by atoms with Crippen LogP contribution in [0.25, 0.3) is 11.0 Å². The summed E-state index contributed by atoms with van der Waals surface area (Å²) in [4.78, 5) is 36.7. The van der Waals surface area contributed by atoms with Crippen molar-refractivity contribution in [3.63, 3.8) is 0 Å². The van der Waals surface area contributed by atoms with E-state index in [1.54, 1.807) is 0 Å². The smallest absolute Gasteiger partial charge is 0.311 e. The van der Waals surface area contributed by atoms with Gasteiger partial charge in [-0.25, -0.2) is 0 Å². The molecule has 4 N–H and O–H groups in total. The maximum absolute atomic E-state index is 13.6. The number of benzene rings is 2. The minimum absolute atomic E-state index is 0.0440. The lowest BCUT2D eigenvalue weighted by Gasteiger charge is -2.08. The number of esters is 1. The van der Waals surface area contributed by atoms with E-state index in [0.29, 0.717) is 45.8 Å². The van der Waals surface area contributed by atoms with E-state index < -0.39 is 11.9 Å². The van der Waals surface area contributed by atoms with Crippen LogP contribution in [0.5, 0.6) is 17.2 Å². The molecule has 3 aromatic rings. The molecular formula is C25H25Br2NO7. The lowest BCUT2D eigenvalue weighted by Crippen LogP contribution is -2.10. The lowest BCUT2D eigenvalue weighted by atomic mass is 9.97. The molecule has 0 aliphatic heterocycles. The Balaban J connectivity index is 2.04. The molecule has 0 atom stereocenters. The second-order valence-corrected chi connectivity index (χ2v) is 9.79. The van der Waals surface area contributed by atoms with Crippen LogP contribution in [0.1, 0.15) is 67.1 Å². The van der Waals surface area contributed by atoms with Crippen LogP contribution in [0.4, 0.5) is 0 Å². The van der Waals surface area contributed by atoms with Crippen molar-refractivity contribution in [1.29, 1.82) is 0 Å². The van der Waals surface area contributed by atoms with Crippen LogP contribution in [0.15, 0.2) is 37.6 Å². The average molecular weight is 611 g/mol. The molecule has 0 saturated carbocycles. The summed E-state index contributed by atoms with van der Waals surface area (Å²) in [5, 5.41) is 20.9. The molecule has 35 heavy (non-hydrogen) atoms. The number of nitrogens with two attached hydrogens (primary N) is 1. The van der Waals surface area contributed by atoms with E-state index in [-0.39, 0.29) is 52.6 Å². The topological polar surface area (TPSA) is 140 Å². The number of phenolic OH excluding ortho intramolecular Hbond substituents is 2. The van der Waals surface area contributed by atoms with Gasteiger partial charge in [0.2, 0.25) is 5.91 Å². The van der Waals surface area contributed by atoms with Crippen LogP contribution < -0.4 is 10.5 Å². The summed E-state index contributed by atoms with van der Waals surface area (Å²) in [6.45, 7) is 1.95. The zero-order valence-corrected chi connectivity index (χ0v) is 22.2. The molecule has 0 bridgehead atoms. The van der Waals surface area contributed by atoms with Gasteiger partial charge in [-0.2, -0.15) is 0 Å². The first-order valence-corrected chi connectivity index (χ1v) is 12.7. The van der Waals surface area contributed by atoms with Crippen LogP contribution in [-0.4, -0.2) is 27.9 Å². The van der Waals surface area contributed by atoms with Crippen LogP contribution in [-0.2, 0) is 16.0 Å². The maximum atomic E-state index is 13.6. The first-order valence-electron chi connectivity index (χ1n) is 11.1. The van der Waals surface area contributed by atoms with Crippen molar-refractivity contribution in [2.45, 2.75) is 51.9 Å². The van der Waals surface area contributed by atoms with Gasteiger partial charge in [0.05, 0.1) is 14.5 Å². The second-order valence-electron chi connectivity index (χ2n) is 8.08. The number of phenols is 2. The summed E-state index contributed by atoms with van der Waals surface area (Å²) in [5.74, 6) is -1.31. The monoisotopic (exact) mass is 609 g/mol. The number of carbonyl (C=O) groups is 3. The van der Waals surface area contributed by atoms with Crippen molar-refractivity contribution in [3.05, 3.63) is 50.1 Å². The van der Waals surface area contributed by atoms with Gasteiger partial charge in [-0.3, -0.25) is 14.4 Å². The van der Waals surface area contributed by atoms with E-state index in [0.717, 1.165) is 6.42 Å². The zero-order valence-electron chi connectivity index (χ0n) is 19.0. The normalized spacial score (nSPS) is 11.1. The number of rotatable bonds is 11. The number of ether oxygens (including phenoxy) is 1. The number of ketones is 1. The summed E-state index contributed by atoms with van der Waals surface area (Å²) >= 11 is 6.47. The van der Waals surface area contributed by atoms with Gasteiger partial charge in [-0.15, -0.1) is 0 Å². The molecule has 8 nitrogen and oxygen atoms in total. The molecular weight excluding hydrogens is 586 g/mol. The Labute approximate surface area is 218 Å². The van der Waals surface area contributed by atoms with Crippen molar-refractivity contribution in [3.8, 4) is 17.2 Å². The highest BCUT2D eigenvalue weighted by molar-refractivity contribution is 9.11. The van der Waals surface area contributed by atoms with Gasteiger partial charge in [0.1, 0.15) is 17.1 Å². The Morgan fingerprint density at radius 3 is 2.31 bits per heavy atom. The largest absolute Gasteiger partial charge is 0.506 e. The van der Waals surface area contributed by atoms with Gasteiger partial charge in [-0.1, -0.05) is 13.3 Å². The average Bonchev–Trinajstić information content (AvgIpc) is 3.14. The third-order valence-electron chi connectivity index (χ3n) is 5.38. The van der Waals surface area contributed by atoms with E-state index in [1.807, 2.05) is 6.92 Å². The fourth-order valence-corrected chi connectivity index (χ4v) is 4.78. The number of hydrogen-bond donors (Lipinski definition) is 3. The first-order chi connectivity index (χ1) is 16.6. The Hall–Kier alpha value is -2.85. The van der Waals surface area contributed by atoms with Crippen LogP contribution >= 0.6 is 31.9 Å². The number of fused-ring (bicyclic) bond motifs is 1. The molecule has 1 heterocycles. The molecule has 0 radical (unpaired) electrons. The number of hydrogen-bond acceptors (Lipinski definition) is 7. The standard InChI is InChI=1S/C25H25Br2NO7/c1-2-3-8-22(31)35-20-12-19-14(11-17(20)29)23(18(34-19)6-4-5-7-21(28)30)24(32)13-9-15(26)25(33)16(27)10-13/h9-12,29,33H,2-8H2,1H3,(H2,28,30).